The third-order valence-corrected chi connectivity index (χ3v) is 1.76. The largest absolute Gasteiger partial charge is 0.0844 e. The Labute approximate surface area is 75.0 Å². The molecule has 0 nitrogen and oxygen atoms in total. The zero-order valence-electron chi connectivity index (χ0n) is 7.45. The molecule has 0 aromatic rings. The Bertz CT molecular complexity index is 140. The zero-order valence-corrected chi connectivity index (χ0v) is 7.45. The molecule has 0 fully saturated rings. The van der Waals surface area contributed by atoms with Crippen molar-refractivity contribution in [2.45, 2.75) is 25.7 Å². The lowest BCUT2D eigenvalue weighted by Crippen LogP contribution is -1.66. The molecule has 1 rings (SSSR count). The van der Waals surface area contributed by atoms with E-state index in [4.69, 9.17) is 0 Å². The smallest absolute Gasteiger partial charge is 0.0169 e. The van der Waals surface area contributed by atoms with Gasteiger partial charge in [-0.15, -0.1) is 0 Å². The molecule has 0 unspecified atom stereocenters. The van der Waals surface area contributed by atoms with Crippen molar-refractivity contribution in [3.8, 4) is 0 Å². The molecule has 0 heterocycles. The summed E-state index contributed by atoms with van der Waals surface area (Å²) in [7, 11) is 0. The van der Waals surface area contributed by atoms with Gasteiger partial charge in [0.15, 0.2) is 0 Å². The third kappa shape index (κ3) is 4.73. The summed E-state index contributed by atoms with van der Waals surface area (Å²) < 4.78 is 0. The van der Waals surface area contributed by atoms with E-state index in [1.165, 1.54) is 0 Å². The minimum atomic E-state index is 1.07. The van der Waals surface area contributed by atoms with Gasteiger partial charge in [0.05, 0.1) is 0 Å². The first-order valence-electron chi connectivity index (χ1n) is 4.60. The average Bonchev–Trinajstić information content (AvgIpc) is 2.05. The summed E-state index contributed by atoms with van der Waals surface area (Å²) in [4.78, 5) is 0. The molecule has 0 aromatic carbocycles. The summed E-state index contributed by atoms with van der Waals surface area (Å²) in [5, 5.41) is 0. The molecule has 0 amide bonds. The monoisotopic (exact) mass is 160 g/mol. The van der Waals surface area contributed by atoms with Gasteiger partial charge in [-0.2, -0.15) is 0 Å². The zero-order chi connectivity index (χ0) is 8.49. The van der Waals surface area contributed by atoms with Crippen LogP contribution < -0.4 is 0 Å². The van der Waals surface area contributed by atoms with E-state index in [0.717, 1.165) is 25.7 Å². The maximum atomic E-state index is 2.21. The van der Waals surface area contributed by atoms with Crippen molar-refractivity contribution in [3.05, 3.63) is 48.6 Å². The number of hydrogen-bond acceptors (Lipinski definition) is 0. The Kier molecular flexibility index (Phi) is 5.02. The molecule has 0 saturated heterocycles. The molecule has 12 heavy (non-hydrogen) atoms. The molecule has 0 saturated carbocycles. The van der Waals surface area contributed by atoms with E-state index >= 15 is 0 Å². The van der Waals surface area contributed by atoms with Crippen LogP contribution in [0.25, 0.3) is 0 Å². The first kappa shape index (κ1) is 9.05. The molecule has 1 aliphatic rings. The summed E-state index contributed by atoms with van der Waals surface area (Å²) in [6.07, 6.45) is 22.0. The fourth-order valence-electron chi connectivity index (χ4n) is 1.08. The van der Waals surface area contributed by atoms with Crippen molar-refractivity contribution >= 4 is 0 Å². The van der Waals surface area contributed by atoms with Crippen LogP contribution in [0.15, 0.2) is 48.6 Å². The van der Waals surface area contributed by atoms with Gasteiger partial charge in [-0.3, -0.25) is 0 Å². The lowest BCUT2D eigenvalue weighted by atomic mass is 10.2. The van der Waals surface area contributed by atoms with E-state index in [1.807, 2.05) is 0 Å². The van der Waals surface area contributed by atoms with E-state index in [2.05, 4.69) is 48.6 Å². The second-order valence-corrected chi connectivity index (χ2v) is 2.83. The van der Waals surface area contributed by atoms with E-state index in [-0.39, 0.29) is 0 Å². The van der Waals surface area contributed by atoms with Crippen LogP contribution in [0.3, 0.4) is 0 Å². The second kappa shape index (κ2) is 6.66. The van der Waals surface area contributed by atoms with Crippen molar-refractivity contribution in [2.24, 2.45) is 0 Å². The highest BCUT2D eigenvalue weighted by molar-refractivity contribution is 5.02. The van der Waals surface area contributed by atoms with Crippen LogP contribution in [-0.2, 0) is 0 Å². The molecular formula is C12H16. The van der Waals surface area contributed by atoms with Crippen molar-refractivity contribution in [1.29, 1.82) is 0 Å². The van der Waals surface area contributed by atoms with Gasteiger partial charge in [0.2, 0.25) is 0 Å². The maximum absolute atomic E-state index is 2.21. The normalized spacial score (nSPS) is 29.3. The Hall–Kier alpha value is -1.04. The average molecular weight is 160 g/mol. The Morgan fingerprint density at radius 3 is 0.667 bits per heavy atom. The van der Waals surface area contributed by atoms with E-state index in [0.29, 0.717) is 0 Å². The van der Waals surface area contributed by atoms with Gasteiger partial charge in [0.1, 0.15) is 0 Å². The molecule has 64 valence electrons. The Morgan fingerprint density at radius 2 is 0.500 bits per heavy atom. The fourth-order valence-corrected chi connectivity index (χ4v) is 1.08. The van der Waals surface area contributed by atoms with Gasteiger partial charge >= 0.3 is 0 Å². The van der Waals surface area contributed by atoms with Crippen LogP contribution in [0.4, 0.5) is 0 Å². The van der Waals surface area contributed by atoms with Crippen molar-refractivity contribution in [3.63, 3.8) is 0 Å². The minimum Gasteiger partial charge on any atom is -0.0844 e. The van der Waals surface area contributed by atoms with Gasteiger partial charge in [0.25, 0.3) is 0 Å². The molecule has 0 spiro atoms. The van der Waals surface area contributed by atoms with Gasteiger partial charge in [-0.1, -0.05) is 48.6 Å². The first-order valence-corrected chi connectivity index (χ1v) is 4.60. The molecule has 0 bridgehead atoms. The molecule has 0 aromatic heterocycles. The number of rotatable bonds is 0. The van der Waals surface area contributed by atoms with Gasteiger partial charge in [-0.25, -0.2) is 0 Å². The van der Waals surface area contributed by atoms with Crippen molar-refractivity contribution in [1.82, 2.24) is 0 Å². The molecule has 1 aliphatic carbocycles. The van der Waals surface area contributed by atoms with E-state index in [1.54, 1.807) is 0 Å². The highest BCUT2D eigenvalue weighted by atomic mass is 13.8. The Morgan fingerprint density at radius 1 is 0.333 bits per heavy atom. The van der Waals surface area contributed by atoms with Crippen molar-refractivity contribution < 1.29 is 0 Å². The highest BCUT2D eigenvalue weighted by Crippen LogP contribution is 1.97. The lowest BCUT2D eigenvalue weighted by Gasteiger charge is -1.87. The minimum absolute atomic E-state index is 1.07. The van der Waals surface area contributed by atoms with Crippen LogP contribution in [0.5, 0.6) is 0 Å². The number of hydrogen-bond donors (Lipinski definition) is 0. The van der Waals surface area contributed by atoms with Gasteiger partial charge in [-0.05, 0) is 25.7 Å². The van der Waals surface area contributed by atoms with E-state index in [9.17, 15) is 0 Å². The lowest BCUT2D eigenvalue weighted by molar-refractivity contribution is 1.23. The van der Waals surface area contributed by atoms with Crippen LogP contribution >= 0.6 is 0 Å². The molecule has 0 aliphatic heterocycles. The first-order chi connectivity index (χ1) is 6.00. The summed E-state index contributed by atoms with van der Waals surface area (Å²) in [5.41, 5.74) is 0. The van der Waals surface area contributed by atoms with Gasteiger partial charge < -0.3 is 0 Å². The molecule has 0 radical (unpaired) electrons. The standard InChI is InChI=1S/C12H16/c1-2-4-6-8-10-12-11-9-7-5-3-1/h1-2,5-8,11-12H,3-4,9-10H2/b2-1-,7-5-,8-6+,12-11+. The maximum Gasteiger partial charge on any atom is -0.0169 e. The summed E-state index contributed by atoms with van der Waals surface area (Å²) in [5.74, 6) is 0. The molecular weight excluding hydrogens is 144 g/mol. The highest BCUT2D eigenvalue weighted by Gasteiger charge is 1.76. The third-order valence-electron chi connectivity index (χ3n) is 1.76. The van der Waals surface area contributed by atoms with Crippen LogP contribution in [0.1, 0.15) is 25.7 Å². The van der Waals surface area contributed by atoms with E-state index < -0.39 is 0 Å². The Balaban J connectivity index is 2.40. The van der Waals surface area contributed by atoms with Crippen LogP contribution in [-0.4, -0.2) is 0 Å². The van der Waals surface area contributed by atoms with Crippen molar-refractivity contribution in [2.75, 3.05) is 0 Å². The fraction of sp³-hybridized carbons (Fsp3) is 0.333. The summed E-state index contributed by atoms with van der Waals surface area (Å²) in [6.45, 7) is 0. The molecule has 0 heteroatoms. The molecule has 0 N–H and O–H groups in total. The SMILES string of the molecule is C1=C\C/C=C/C/C=C/C/C=C\C/1. The predicted molar refractivity (Wildman–Crippen MR) is 55.0 cm³/mol. The summed E-state index contributed by atoms with van der Waals surface area (Å²) in [6, 6.07) is 0. The van der Waals surface area contributed by atoms with Crippen LogP contribution in [0, 0.1) is 0 Å². The molecule has 0 atom stereocenters. The van der Waals surface area contributed by atoms with Crippen LogP contribution in [0.2, 0.25) is 0 Å². The van der Waals surface area contributed by atoms with Gasteiger partial charge in [0, 0.05) is 0 Å². The summed E-state index contributed by atoms with van der Waals surface area (Å²) >= 11 is 0. The quantitative estimate of drug-likeness (QED) is 0.473. The number of allylic oxidation sites excluding steroid dienone is 8. The second-order valence-electron chi connectivity index (χ2n) is 2.83. The predicted octanol–water partition coefficient (Wildman–Crippen LogP) is 3.79. The topological polar surface area (TPSA) is 0 Å².